The second kappa shape index (κ2) is 4.54. The molecule has 78 valence electrons. The molecule has 2 rings (SSSR count). The topological polar surface area (TPSA) is 20.2 Å². The smallest absolute Gasteiger partial charge is 0.116 e. The largest absolute Gasteiger partial charge is 0.508 e. The van der Waals surface area contributed by atoms with Crippen LogP contribution in [0, 0.1) is 0 Å². The van der Waals surface area contributed by atoms with E-state index in [-0.39, 0.29) is 0 Å². The van der Waals surface area contributed by atoms with E-state index in [4.69, 9.17) is 11.6 Å². The quantitative estimate of drug-likeness (QED) is 0.782. The van der Waals surface area contributed by atoms with Crippen molar-refractivity contribution in [2.75, 3.05) is 5.88 Å². The molecule has 0 aromatic heterocycles. The van der Waals surface area contributed by atoms with E-state index < -0.39 is 0 Å². The van der Waals surface area contributed by atoms with E-state index in [1.54, 1.807) is 6.07 Å². The maximum atomic E-state index is 9.58. The summed E-state index contributed by atoms with van der Waals surface area (Å²) in [7, 11) is 0. The first kappa shape index (κ1) is 10.3. The Kier molecular flexibility index (Phi) is 3.12. The molecule has 0 radical (unpaired) electrons. The highest BCUT2D eigenvalue weighted by molar-refractivity contribution is 6.17. The Morgan fingerprint density at radius 3 is 2.73 bits per heavy atom. The summed E-state index contributed by atoms with van der Waals surface area (Å²) in [6, 6.07) is 11.7. The number of phenolic OH excluding ortho intramolecular Hbond substituents is 1. The van der Waals surface area contributed by atoms with Crippen LogP contribution >= 0.6 is 11.6 Å². The molecule has 0 aliphatic rings. The average Bonchev–Trinajstić information content (AvgIpc) is 2.25. The number of rotatable bonds is 3. The number of aromatic hydroxyl groups is 1. The number of hydrogen-bond donors (Lipinski definition) is 1. The fourth-order valence-corrected chi connectivity index (χ4v) is 1.97. The third-order valence-electron chi connectivity index (χ3n) is 2.51. The molecule has 0 saturated carbocycles. The molecule has 2 aromatic rings. The number of halogens is 1. The van der Waals surface area contributed by atoms with Crippen LogP contribution in [0.2, 0.25) is 0 Å². The number of phenols is 1. The number of hydrogen-bond acceptors (Lipinski definition) is 1. The summed E-state index contributed by atoms with van der Waals surface area (Å²) in [5.41, 5.74) is 1.17. The maximum Gasteiger partial charge on any atom is 0.116 e. The fourth-order valence-electron chi connectivity index (χ4n) is 1.84. The summed E-state index contributed by atoms with van der Waals surface area (Å²) in [5.74, 6) is 0.988. The molecule has 0 saturated heterocycles. The third-order valence-corrected chi connectivity index (χ3v) is 2.78. The minimum absolute atomic E-state index is 0.332. The highest BCUT2D eigenvalue weighted by Crippen LogP contribution is 2.25. The summed E-state index contributed by atoms with van der Waals surface area (Å²) >= 11 is 5.68. The molecule has 15 heavy (non-hydrogen) atoms. The predicted molar refractivity (Wildman–Crippen MR) is 64.7 cm³/mol. The van der Waals surface area contributed by atoms with Gasteiger partial charge in [-0.2, -0.15) is 0 Å². The fraction of sp³-hybridized carbons (Fsp3) is 0.231. The van der Waals surface area contributed by atoms with Gasteiger partial charge in [-0.05, 0) is 41.3 Å². The molecule has 0 unspecified atom stereocenters. The van der Waals surface area contributed by atoms with Crippen molar-refractivity contribution in [3.05, 3.63) is 42.0 Å². The summed E-state index contributed by atoms with van der Waals surface area (Å²) in [4.78, 5) is 0. The van der Waals surface area contributed by atoms with Crippen LogP contribution in [0.25, 0.3) is 10.8 Å². The van der Waals surface area contributed by atoms with Crippen LogP contribution < -0.4 is 0 Å². The van der Waals surface area contributed by atoms with E-state index in [0.29, 0.717) is 11.6 Å². The Labute approximate surface area is 94.3 Å². The Hall–Kier alpha value is -1.21. The van der Waals surface area contributed by atoms with Crippen molar-refractivity contribution in [1.29, 1.82) is 0 Å². The number of fused-ring (bicyclic) bond motifs is 1. The first-order chi connectivity index (χ1) is 7.31. The molecule has 0 heterocycles. The second-order valence-corrected chi connectivity index (χ2v) is 4.00. The van der Waals surface area contributed by atoms with E-state index in [2.05, 4.69) is 6.07 Å². The Balaban J connectivity index is 2.50. The lowest BCUT2D eigenvalue weighted by atomic mass is 10.0. The molecule has 0 bridgehead atoms. The molecule has 2 heteroatoms. The highest BCUT2D eigenvalue weighted by atomic mass is 35.5. The van der Waals surface area contributed by atoms with Gasteiger partial charge in [-0.1, -0.05) is 24.3 Å². The van der Waals surface area contributed by atoms with Gasteiger partial charge in [-0.15, -0.1) is 11.6 Å². The zero-order valence-corrected chi connectivity index (χ0v) is 9.17. The van der Waals surface area contributed by atoms with E-state index in [0.717, 1.165) is 18.2 Å². The van der Waals surface area contributed by atoms with Crippen molar-refractivity contribution >= 4 is 22.4 Å². The van der Waals surface area contributed by atoms with Gasteiger partial charge in [0.1, 0.15) is 5.75 Å². The van der Waals surface area contributed by atoms with Gasteiger partial charge in [0.15, 0.2) is 0 Å². The van der Waals surface area contributed by atoms with Crippen LogP contribution in [0.1, 0.15) is 12.0 Å². The predicted octanol–water partition coefficient (Wildman–Crippen LogP) is 3.72. The van der Waals surface area contributed by atoms with Crippen molar-refractivity contribution in [1.82, 2.24) is 0 Å². The first-order valence-electron chi connectivity index (χ1n) is 5.08. The lowest BCUT2D eigenvalue weighted by molar-refractivity contribution is 0.475. The Morgan fingerprint density at radius 2 is 1.93 bits per heavy atom. The second-order valence-electron chi connectivity index (χ2n) is 3.62. The minimum atomic E-state index is 0.332. The number of benzene rings is 2. The van der Waals surface area contributed by atoms with Crippen LogP contribution in [0.5, 0.6) is 5.75 Å². The van der Waals surface area contributed by atoms with Crippen LogP contribution in [0.4, 0.5) is 0 Å². The summed E-state index contributed by atoms with van der Waals surface area (Å²) in [6.45, 7) is 0. The van der Waals surface area contributed by atoms with Crippen LogP contribution in [-0.2, 0) is 6.42 Å². The van der Waals surface area contributed by atoms with Crippen molar-refractivity contribution in [2.24, 2.45) is 0 Å². The highest BCUT2D eigenvalue weighted by Gasteiger charge is 2.02. The van der Waals surface area contributed by atoms with Gasteiger partial charge in [0.25, 0.3) is 0 Å². The molecular weight excluding hydrogens is 208 g/mol. The van der Waals surface area contributed by atoms with Crippen molar-refractivity contribution < 1.29 is 5.11 Å². The van der Waals surface area contributed by atoms with Gasteiger partial charge in [-0.25, -0.2) is 0 Å². The molecule has 0 amide bonds. The molecule has 0 aliphatic heterocycles. The van der Waals surface area contributed by atoms with Crippen molar-refractivity contribution in [3.63, 3.8) is 0 Å². The van der Waals surface area contributed by atoms with Gasteiger partial charge < -0.3 is 5.11 Å². The summed E-state index contributed by atoms with van der Waals surface area (Å²) in [6.07, 6.45) is 1.85. The Bertz CT molecular complexity index is 465. The molecule has 2 aromatic carbocycles. The van der Waals surface area contributed by atoms with Gasteiger partial charge in [0, 0.05) is 5.88 Å². The summed E-state index contributed by atoms with van der Waals surface area (Å²) in [5, 5.41) is 11.9. The molecule has 1 nitrogen and oxygen atoms in total. The summed E-state index contributed by atoms with van der Waals surface area (Å²) < 4.78 is 0. The van der Waals surface area contributed by atoms with Crippen LogP contribution in [0.15, 0.2) is 36.4 Å². The molecule has 0 fully saturated rings. The van der Waals surface area contributed by atoms with Gasteiger partial charge in [0.2, 0.25) is 0 Å². The van der Waals surface area contributed by atoms with E-state index >= 15 is 0 Å². The monoisotopic (exact) mass is 220 g/mol. The van der Waals surface area contributed by atoms with E-state index in [9.17, 15) is 5.11 Å². The van der Waals surface area contributed by atoms with Gasteiger partial charge >= 0.3 is 0 Å². The first-order valence-corrected chi connectivity index (χ1v) is 5.61. The maximum absolute atomic E-state index is 9.58. The lowest BCUT2D eigenvalue weighted by Gasteiger charge is -2.06. The van der Waals surface area contributed by atoms with Crippen LogP contribution in [0.3, 0.4) is 0 Å². The average molecular weight is 221 g/mol. The number of alkyl halides is 1. The zero-order chi connectivity index (χ0) is 10.7. The Morgan fingerprint density at radius 1 is 1.13 bits per heavy atom. The van der Waals surface area contributed by atoms with E-state index in [1.165, 1.54) is 10.9 Å². The van der Waals surface area contributed by atoms with Crippen LogP contribution in [-0.4, -0.2) is 11.0 Å². The zero-order valence-electron chi connectivity index (χ0n) is 8.41. The molecule has 1 N–H and O–H groups in total. The van der Waals surface area contributed by atoms with Crippen molar-refractivity contribution in [3.8, 4) is 5.75 Å². The lowest BCUT2D eigenvalue weighted by Crippen LogP contribution is -1.88. The molecular formula is C13H13ClO. The normalized spacial score (nSPS) is 10.7. The van der Waals surface area contributed by atoms with Crippen molar-refractivity contribution in [2.45, 2.75) is 12.8 Å². The van der Waals surface area contributed by atoms with Gasteiger partial charge in [0.05, 0.1) is 0 Å². The number of aryl methyl sites for hydroxylation is 1. The third kappa shape index (κ3) is 2.24. The standard InChI is InChI=1S/C13H13ClO/c14-7-3-5-11-9-12(15)8-10-4-1-2-6-13(10)11/h1-2,4,6,8-9,15H,3,5,7H2. The molecule has 0 aliphatic carbocycles. The van der Waals surface area contributed by atoms with E-state index in [1.807, 2.05) is 24.3 Å². The SMILES string of the molecule is Oc1cc(CCCCl)c2ccccc2c1. The minimum Gasteiger partial charge on any atom is -0.508 e. The molecule has 0 spiro atoms. The van der Waals surface area contributed by atoms with Gasteiger partial charge in [-0.3, -0.25) is 0 Å². The molecule has 0 atom stereocenters.